The second-order valence-electron chi connectivity index (χ2n) is 7.46. The van der Waals surface area contributed by atoms with Gasteiger partial charge in [-0.2, -0.15) is 0 Å². The average molecular weight is 442 g/mol. The standard InChI is InChI=1S/C19H22N2O3.C4H4O4/c1-20(2)16-8-7-14-5-3-4-6-18(14)19(13-16)24-17-11-9-15(10-12-17)21(22)23;5-3(6)1-2-4(7)8/h3-6,9-12,16,19H,7-8,13H2,1-2H3;1-2H,(H,5,6)(H,7,8)/b;2-1+/t16-,19-;/m0./s1. The zero-order valence-corrected chi connectivity index (χ0v) is 17.9. The number of hydrogen-bond donors (Lipinski definition) is 2. The summed E-state index contributed by atoms with van der Waals surface area (Å²) >= 11 is 0. The lowest BCUT2D eigenvalue weighted by atomic mass is 10.0. The van der Waals surface area contributed by atoms with Crippen LogP contribution in [0.3, 0.4) is 0 Å². The smallest absolute Gasteiger partial charge is 0.328 e. The van der Waals surface area contributed by atoms with Gasteiger partial charge in [-0.3, -0.25) is 10.1 Å². The van der Waals surface area contributed by atoms with E-state index in [9.17, 15) is 19.7 Å². The topological polar surface area (TPSA) is 130 Å². The third-order valence-corrected chi connectivity index (χ3v) is 5.06. The lowest BCUT2D eigenvalue weighted by Crippen LogP contribution is -2.30. The first-order valence-electron chi connectivity index (χ1n) is 9.96. The first-order chi connectivity index (χ1) is 15.2. The van der Waals surface area contributed by atoms with Gasteiger partial charge in [-0.25, -0.2) is 9.59 Å². The Bertz CT molecular complexity index is 955. The molecule has 0 spiro atoms. The molecule has 0 aliphatic heterocycles. The van der Waals surface area contributed by atoms with Crippen LogP contribution in [0.15, 0.2) is 60.7 Å². The molecule has 9 heteroatoms. The van der Waals surface area contributed by atoms with Gasteiger partial charge in [0, 0.05) is 36.7 Å². The van der Waals surface area contributed by atoms with E-state index in [1.807, 2.05) is 6.07 Å². The Labute approximate surface area is 185 Å². The molecule has 2 atom stereocenters. The monoisotopic (exact) mass is 442 g/mol. The van der Waals surface area contributed by atoms with Crippen molar-refractivity contribution < 1.29 is 29.5 Å². The van der Waals surface area contributed by atoms with Gasteiger partial charge in [0.1, 0.15) is 11.9 Å². The van der Waals surface area contributed by atoms with Crippen molar-refractivity contribution in [1.82, 2.24) is 4.90 Å². The number of non-ortho nitro benzene ring substituents is 1. The summed E-state index contributed by atoms with van der Waals surface area (Å²) in [4.78, 5) is 31.7. The molecular weight excluding hydrogens is 416 g/mol. The Morgan fingerprint density at radius 1 is 1.06 bits per heavy atom. The fraction of sp³-hybridized carbons (Fsp3) is 0.304. The summed E-state index contributed by atoms with van der Waals surface area (Å²) in [6, 6.07) is 15.2. The Morgan fingerprint density at radius 3 is 2.19 bits per heavy atom. The maximum Gasteiger partial charge on any atom is 0.328 e. The van der Waals surface area contributed by atoms with Gasteiger partial charge in [0.15, 0.2) is 0 Å². The van der Waals surface area contributed by atoms with Gasteiger partial charge in [-0.05, 0) is 50.2 Å². The Hall–Kier alpha value is -3.72. The molecule has 0 unspecified atom stereocenters. The van der Waals surface area contributed by atoms with Gasteiger partial charge in [0.2, 0.25) is 0 Å². The summed E-state index contributed by atoms with van der Waals surface area (Å²) < 4.78 is 6.23. The average Bonchev–Trinajstić information content (AvgIpc) is 2.93. The Morgan fingerprint density at radius 2 is 1.66 bits per heavy atom. The van der Waals surface area contributed by atoms with Crippen molar-refractivity contribution in [3.05, 3.63) is 81.9 Å². The van der Waals surface area contributed by atoms with Crippen molar-refractivity contribution in [2.45, 2.75) is 31.4 Å². The highest BCUT2D eigenvalue weighted by molar-refractivity contribution is 5.89. The molecule has 170 valence electrons. The van der Waals surface area contributed by atoms with Crippen molar-refractivity contribution in [1.29, 1.82) is 0 Å². The predicted molar refractivity (Wildman–Crippen MR) is 118 cm³/mol. The van der Waals surface area contributed by atoms with Gasteiger partial charge < -0.3 is 19.8 Å². The molecule has 0 fully saturated rings. The van der Waals surface area contributed by atoms with Crippen molar-refractivity contribution in [2.75, 3.05) is 14.1 Å². The van der Waals surface area contributed by atoms with E-state index in [0.717, 1.165) is 19.3 Å². The zero-order valence-electron chi connectivity index (χ0n) is 17.9. The third-order valence-electron chi connectivity index (χ3n) is 5.06. The number of carboxylic acids is 2. The van der Waals surface area contributed by atoms with Gasteiger partial charge in [0.25, 0.3) is 5.69 Å². The van der Waals surface area contributed by atoms with Crippen molar-refractivity contribution in [3.8, 4) is 5.75 Å². The lowest BCUT2D eigenvalue weighted by molar-refractivity contribution is -0.384. The van der Waals surface area contributed by atoms with Gasteiger partial charge in [-0.15, -0.1) is 0 Å². The highest BCUT2D eigenvalue weighted by atomic mass is 16.6. The maximum atomic E-state index is 10.8. The Balaban J connectivity index is 0.000000390. The second kappa shape index (κ2) is 11.6. The molecule has 1 aliphatic carbocycles. The minimum absolute atomic E-state index is 0.0439. The summed E-state index contributed by atoms with van der Waals surface area (Å²) in [6.07, 6.45) is 4.12. The van der Waals surface area contributed by atoms with E-state index in [4.69, 9.17) is 14.9 Å². The van der Waals surface area contributed by atoms with Crippen LogP contribution in [-0.4, -0.2) is 52.1 Å². The van der Waals surface area contributed by atoms with Gasteiger partial charge in [-0.1, -0.05) is 24.3 Å². The van der Waals surface area contributed by atoms with E-state index in [1.165, 1.54) is 23.3 Å². The predicted octanol–water partition coefficient (Wildman–Crippen LogP) is 3.69. The van der Waals surface area contributed by atoms with Crippen LogP contribution in [0.25, 0.3) is 0 Å². The molecule has 32 heavy (non-hydrogen) atoms. The molecular formula is C23H26N2O7. The number of carbonyl (C=O) groups is 2. The number of benzene rings is 2. The highest BCUT2D eigenvalue weighted by Crippen LogP contribution is 2.34. The number of rotatable bonds is 6. The van der Waals surface area contributed by atoms with Crippen molar-refractivity contribution >= 4 is 17.6 Å². The molecule has 0 radical (unpaired) electrons. The van der Waals surface area contributed by atoms with Crippen LogP contribution in [0.4, 0.5) is 5.69 Å². The second-order valence-corrected chi connectivity index (χ2v) is 7.46. The van der Waals surface area contributed by atoms with E-state index < -0.39 is 16.9 Å². The molecule has 2 N–H and O–H groups in total. The van der Waals surface area contributed by atoms with Crippen LogP contribution < -0.4 is 4.74 Å². The minimum atomic E-state index is -1.26. The molecule has 2 aromatic carbocycles. The molecule has 0 bridgehead atoms. The molecule has 0 saturated heterocycles. The van der Waals surface area contributed by atoms with Crippen LogP contribution >= 0.6 is 0 Å². The maximum absolute atomic E-state index is 10.8. The Kier molecular flexibility index (Phi) is 8.91. The number of ether oxygens (including phenoxy) is 1. The highest BCUT2D eigenvalue weighted by Gasteiger charge is 2.27. The quantitative estimate of drug-likeness (QED) is 0.300. The van der Waals surface area contributed by atoms with Crippen molar-refractivity contribution in [3.63, 3.8) is 0 Å². The van der Waals surface area contributed by atoms with E-state index in [2.05, 4.69) is 37.2 Å². The minimum Gasteiger partial charge on any atom is -0.486 e. The zero-order chi connectivity index (χ0) is 23.7. The molecule has 0 amide bonds. The number of aliphatic carboxylic acids is 2. The van der Waals surface area contributed by atoms with E-state index >= 15 is 0 Å². The first kappa shape index (κ1) is 24.5. The summed E-state index contributed by atoms with van der Waals surface area (Å²) in [5.74, 6) is -1.85. The van der Waals surface area contributed by atoms with Crippen LogP contribution in [0, 0.1) is 10.1 Å². The van der Waals surface area contributed by atoms with Crippen LogP contribution in [-0.2, 0) is 16.0 Å². The first-order valence-corrected chi connectivity index (χ1v) is 9.96. The lowest BCUT2D eigenvalue weighted by Gasteiger charge is -2.27. The fourth-order valence-corrected chi connectivity index (χ4v) is 3.42. The molecule has 2 aromatic rings. The number of nitrogens with zero attached hydrogens (tertiary/aromatic N) is 2. The number of fused-ring (bicyclic) bond motifs is 1. The van der Waals surface area contributed by atoms with Gasteiger partial charge >= 0.3 is 11.9 Å². The summed E-state index contributed by atoms with van der Waals surface area (Å²) in [5.41, 5.74) is 2.63. The van der Waals surface area contributed by atoms with E-state index in [1.54, 1.807) is 12.1 Å². The molecule has 0 heterocycles. The third kappa shape index (κ3) is 7.51. The van der Waals surface area contributed by atoms with Gasteiger partial charge in [0.05, 0.1) is 4.92 Å². The molecule has 0 saturated carbocycles. The molecule has 1 aliphatic rings. The summed E-state index contributed by atoms with van der Waals surface area (Å²) in [7, 11) is 4.20. The van der Waals surface area contributed by atoms with Crippen LogP contribution in [0.1, 0.15) is 30.1 Å². The number of hydrogen-bond acceptors (Lipinski definition) is 6. The number of nitro groups is 1. The van der Waals surface area contributed by atoms with E-state index in [0.29, 0.717) is 23.9 Å². The molecule has 0 aromatic heterocycles. The van der Waals surface area contributed by atoms with E-state index in [-0.39, 0.29) is 11.8 Å². The van der Waals surface area contributed by atoms with Crippen LogP contribution in [0.2, 0.25) is 0 Å². The number of nitro benzene ring substituents is 1. The normalized spacial score (nSPS) is 17.6. The van der Waals surface area contributed by atoms with Crippen molar-refractivity contribution in [2.24, 2.45) is 0 Å². The summed E-state index contributed by atoms with van der Waals surface area (Å²) in [6.45, 7) is 0. The molecule has 9 nitrogen and oxygen atoms in total. The number of aryl methyl sites for hydroxylation is 1. The fourth-order valence-electron chi connectivity index (χ4n) is 3.42. The molecule has 3 rings (SSSR count). The SMILES string of the molecule is CN(C)[C@H]1CCc2ccccc2[C@@H](Oc2ccc([N+](=O)[O-])cc2)C1.O=C(O)/C=C/C(=O)O. The number of carboxylic acid groups (broad SMARTS) is 2. The summed E-state index contributed by atoms with van der Waals surface area (Å²) in [5, 5.41) is 26.4. The van der Waals surface area contributed by atoms with Crippen LogP contribution in [0.5, 0.6) is 5.75 Å². The largest absolute Gasteiger partial charge is 0.486 e.